The van der Waals surface area contributed by atoms with Gasteiger partial charge in [-0.25, -0.2) is 13.1 Å². The highest BCUT2D eigenvalue weighted by Gasteiger charge is 2.30. The first-order valence-electron chi connectivity index (χ1n) is 10.7. The third-order valence-corrected chi connectivity index (χ3v) is 7.47. The molecule has 1 fully saturated rings. The first kappa shape index (κ1) is 22.3. The molecule has 0 atom stereocenters. The maximum atomic E-state index is 12.9. The second kappa shape index (κ2) is 8.91. The van der Waals surface area contributed by atoms with E-state index in [2.05, 4.69) is 10.0 Å². The highest BCUT2D eigenvalue weighted by molar-refractivity contribution is 7.89. The highest BCUT2D eigenvalue weighted by atomic mass is 32.2. The molecule has 2 aromatic rings. The number of nitrogens with one attached hydrogen (secondary N) is 2. The Morgan fingerprint density at radius 1 is 1.09 bits per heavy atom. The summed E-state index contributed by atoms with van der Waals surface area (Å²) in [6.07, 6.45) is 3.64. The largest absolute Gasteiger partial charge is 0.482 e. The molecule has 0 bridgehead atoms. The van der Waals surface area contributed by atoms with Gasteiger partial charge in [-0.1, -0.05) is 18.9 Å². The predicted molar refractivity (Wildman–Crippen MR) is 121 cm³/mol. The Labute approximate surface area is 188 Å². The second-order valence-electron chi connectivity index (χ2n) is 8.35. The molecule has 1 saturated carbocycles. The van der Waals surface area contributed by atoms with Gasteiger partial charge in [0.2, 0.25) is 15.9 Å². The van der Waals surface area contributed by atoms with Crippen molar-refractivity contribution in [1.29, 1.82) is 0 Å². The molecule has 2 amide bonds. The van der Waals surface area contributed by atoms with Crippen LogP contribution >= 0.6 is 0 Å². The summed E-state index contributed by atoms with van der Waals surface area (Å²) in [5.74, 6) is -0.429. The molecular weight excluding hydrogens is 430 g/mol. The molecule has 4 rings (SSSR count). The van der Waals surface area contributed by atoms with Crippen molar-refractivity contribution in [2.75, 3.05) is 23.4 Å². The molecule has 0 saturated heterocycles. The molecule has 1 aliphatic heterocycles. The van der Waals surface area contributed by atoms with Crippen LogP contribution in [0.1, 0.15) is 36.8 Å². The van der Waals surface area contributed by atoms with Crippen LogP contribution in [0.2, 0.25) is 0 Å². The summed E-state index contributed by atoms with van der Waals surface area (Å²) in [6, 6.07) is 9.88. The van der Waals surface area contributed by atoms with Crippen molar-refractivity contribution in [3.63, 3.8) is 0 Å². The fourth-order valence-corrected chi connectivity index (χ4v) is 5.34. The minimum atomic E-state index is -3.75. The van der Waals surface area contributed by atoms with Crippen molar-refractivity contribution in [3.05, 3.63) is 47.5 Å². The van der Waals surface area contributed by atoms with Crippen LogP contribution in [0.15, 0.2) is 41.3 Å². The molecule has 0 radical (unpaired) electrons. The van der Waals surface area contributed by atoms with Crippen LogP contribution in [0.4, 0.5) is 11.4 Å². The van der Waals surface area contributed by atoms with Gasteiger partial charge in [-0.3, -0.25) is 14.5 Å². The lowest BCUT2D eigenvalue weighted by Crippen LogP contribution is -2.43. The lowest BCUT2D eigenvalue weighted by Gasteiger charge is -2.29. The van der Waals surface area contributed by atoms with Gasteiger partial charge in [-0.15, -0.1) is 0 Å². The Bertz CT molecular complexity index is 1160. The lowest BCUT2D eigenvalue weighted by molar-refractivity contribution is -0.123. The Kier molecular flexibility index (Phi) is 6.21. The number of carbonyl (C=O) groups excluding carboxylic acids is 2. The van der Waals surface area contributed by atoms with Crippen molar-refractivity contribution in [3.8, 4) is 5.75 Å². The fourth-order valence-electron chi connectivity index (χ4n) is 4.02. The number of benzene rings is 2. The van der Waals surface area contributed by atoms with Gasteiger partial charge >= 0.3 is 0 Å². The summed E-state index contributed by atoms with van der Waals surface area (Å²) >= 11 is 0. The summed E-state index contributed by atoms with van der Waals surface area (Å²) in [6.45, 7) is 3.48. The Balaban J connectivity index is 1.55. The molecule has 0 spiro atoms. The summed E-state index contributed by atoms with van der Waals surface area (Å²) in [4.78, 5) is 26.5. The Morgan fingerprint density at radius 3 is 2.56 bits per heavy atom. The number of aryl methyl sites for hydroxylation is 2. The zero-order chi connectivity index (χ0) is 22.9. The fraction of sp³-hybridized carbons (Fsp3) is 0.391. The number of rotatable bonds is 6. The van der Waals surface area contributed by atoms with E-state index in [9.17, 15) is 18.0 Å². The first-order chi connectivity index (χ1) is 15.2. The number of hydrogen-bond donors (Lipinski definition) is 2. The van der Waals surface area contributed by atoms with Gasteiger partial charge in [-0.05, 0) is 68.1 Å². The van der Waals surface area contributed by atoms with Gasteiger partial charge in [0, 0.05) is 11.7 Å². The summed E-state index contributed by atoms with van der Waals surface area (Å²) in [5.41, 5.74) is 3.06. The average Bonchev–Trinajstić information content (AvgIpc) is 3.25. The van der Waals surface area contributed by atoms with E-state index in [1.807, 2.05) is 26.0 Å². The summed E-state index contributed by atoms with van der Waals surface area (Å²) < 4.78 is 33.9. The molecule has 2 N–H and O–H groups in total. The molecule has 32 heavy (non-hydrogen) atoms. The van der Waals surface area contributed by atoms with Gasteiger partial charge in [0.1, 0.15) is 12.3 Å². The van der Waals surface area contributed by atoms with E-state index in [4.69, 9.17) is 4.74 Å². The number of anilines is 2. The third-order valence-electron chi connectivity index (χ3n) is 5.95. The predicted octanol–water partition coefficient (Wildman–Crippen LogP) is 2.89. The Morgan fingerprint density at radius 2 is 1.84 bits per heavy atom. The van der Waals surface area contributed by atoms with Gasteiger partial charge in [-0.2, -0.15) is 0 Å². The highest BCUT2D eigenvalue weighted by Crippen LogP contribution is 2.34. The molecule has 9 heteroatoms. The van der Waals surface area contributed by atoms with Crippen LogP contribution in [-0.2, 0) is 19.6 Å². The van der Waals surface area contributed by atoms with Gasteiger partial charge < -0.3 is 10.1 Å². The van der Waals surface area contributed by atoms with E-state index in [0.717, 1.165) is 36.8 Å². The molecular formula is C23H27N3O5S. The zero-order valence-corrected chi connectivity index (χ0v) is 19.0. The number of nitrogens with zero attached hydrogens (tertiary/aromatic N) is 1. The molecule has 1 heterocycles. The van der Waals surface area contributed by atoms with Crippen molar-refractivity contribution >= 4 is 33.2 Å². The Hall–Kier alpha value is -2.91. The van der Waals surface area contributed by atoms with Gasteiger partial charge in [0.05, 0.1) is 10.6 Å². The van der Waals surface area contributed by atoms with Gasteiger partial charge in [0.15, 0.2) is 6.61 Å². The standard InChI is InChI=1S/C23H27N3O5S/c1-15-7-8-18(11-16(15)2)24-22(27)13-26-20-12-19(9-10-21(20)31-14-23(26)28)32(29,30)25-17-5-3-4-6-17/h7-12,17,25H,3-6,13-14H2,1-2H3,(H,24,27). The van der Waals surface area contributed by atoms with Crippen LogP contribution < -0.4 is 19.7 Å². The van der Waals surface area contributed by atoms with E-state index in [1.54, 1.807) is 6.07 Å². The van der Waals surface area contributed by atoms with Crippen LogP contribution in [0.5, 0.6) is 5.75 Å². The molecule has 2 aromatic carbocycles. The van der Waals surface area contributed by atoms with E-state index in [1.165, 1.54) is 23.1 Å². The minimum absolute atomic E-state index is 0.0426. The number of hydrogen-bond acceptors (Lipinski definition) is 5. The molecule has 8 nitrogen and oxygen atoms in total. The normalized spacial score (nSPS) is 16.6. The monoisotopic (exact) mass is 457 g/mol. The summed E-state index contributed by atoms with van der Waals surface area (Å²) in [5, 5.41) is 2.80. The molecule has 170 valence electrons. The lowest BCUT2D eigenvalue weighted by atomic mass is 10.1. The van der Waals surface area contributed by atoms with Crippen LogP contribution in [0.25, 0.3) is 0 Å². The van der Waals surface area contributed by atoms with Crippen LogP contribution in [-0.4, -0.2) is 39.4 Å². The average molecular weight is 458 g/mol. The minimum Gasteiger partial charge on any atom is -0.482 e. The van der Waals surface area contributed by atoms with Crippen molar-refractivity contribution < 1.29 is 22.7 Å². The number of amides is 2. The van der Waals surface area contributed by atoms with E-state index in [-0.39, 0.29) is 35.7 Å². The van der Waals surface area contributed by atoms with Crippen molar-refractivity contribution in [2.24, 2.45) is 0 Å². The maximum absolute atomic E-state index is 12.9. The van der Waals surface area contributed by atoms with E-state index >= 15 is 0 Å². The number of ether oxygens (including phenoxy) is 1. The topological polar surface area (TPSA) is 105 Å². The zero-order valence-electron chi connectivity index (χ0n) is 18.2. The number of carbonyl (C=O) groups is 2. The smallest absolute Gasteiger partial charge is 0.265 e. The summed E-state index contributed by atoms with van der Waals surface area (Å²) in [7, 11) is -3.75. The molecule has 2 aliphatic rings. The van der Waals surface area contributed by atoms with Crippen molar-refractivity contribution in [1.82, 2.24) is 4.72 Å². The number of sulfonamides is 1. The quantitative estimate of drug-likeness (QED) is 0.694. The van der Waals surface area contributed by atoms with E-state index < -0.39 is 15.9 Å². The molecule has 1 aliphatic carbocycles. The van der Waals surface area contributed by atoms with Gasteiger partial charge in [0.25, 0.3) is 5.91 Å². The first-order valence-corrected chi connectivity index (χ1v) is 12.2. The third kappa shape index (κ3) is 4.78. The van der Waals surface area contributed by atoms with Crippen molar-refractivity contribution in [2.45, 2.75) is 50.5 Å². The second-order valence-corrected chi connectivity index (χ2v) is 10.1. The van der Waals surface area contributed by atoms with Crippen LogP contribution in [0.3, 0.4) is 0 Å². The SMILES string of the molecule is Cc1ccc(NC(=O)CN2C(=O)COc3ccc(S(=O)(=O)NC4CCCC4)cc32)cc1C. The molecule has 0 unspecified atom stereocenters. The number of fused-ring (bicyclic) bond motifs is 1. The molecule has 0 aromatic heterocycles. The van der Waals surface area contributed by atoms with E-state index in [0.29, 0.717) is 11.4 Å². The van der Waals surface area contributed by atoms with Crippen LogP contribution in [0, 0.1) is 13.8 Å². The maximum Gasteiger partial charge on any atom is 0.265 e.